The number of halogens is 3. The van der Waals surface area contributed by atoms with Crippen LogP contribution in [0.3, 0.4) is 0 Å². The molecule has 0 atom stereocenters. The normalized spacial score (nSPS) is 14.0. The van der Waals surface area contributed by atoms with Gasteiger partial charge in [0.2, 0.25) is 0 Å². The second-order valence-electron chi connectivity index (χ2n) is 7.86. The van der Waals surface area contributed by atoms with Gasteiger partial charge in [-0.2, -0.15) is 0 Å². The fraction of sp³-hybridized carbons (Fsp3) is 0.292. The van der Waals surface area contributed by atoms with Crippen LogP contribution in [0.4, 0.5) is 21.6 Å². The first kappa shape index (κ1) is 25.1. The van der Waals surface area contributed by atoms with Gasteiger partial charge in [-0.15, -0.1) is 0 Å². The van der Waals surface area contributed by atoms with Crippen LogP contribution in [0.5, 0.6) is 5.75 Å². The van der Waals surface area contributed by atoms with Gasteiger partial charge < -0.3 is 20.1 Å². The Kier molecular flexibility index (Phi) is 8.35. The molecule has 0 bridgehead atoms. The summed E-state index contributed by atoms with van der Waals surface area (Å²) in [6.45, 7) is 8.09. The van der Waals surface area contributed by atoms with E-state index in [-0.39, 0.29) is 10.1 Å². The lowest BCUT2D eigenvalue weighted by molar-refractivity contribution is -0.112. The predicted octanol–water partition coefficient (Wildman–Crippen LogP) is 4.96. The zero-order chi connectivity index (χ0) is 24.8. The molecule has 11 heteroatoms. The molecule has 8 nitrogen and oxygen atoms in total. The highest BCUT2D eigenvalue weighted by Gasteiger charge is 2.16. The van der Waals surface area contributed by atoms with Crippen molar-refractivity contribution in [3.8, 4) is 5.75 Å². The molecule has 1 fully saturated rings. The van der Waals surface area contributed by atoms with Crippen molar-refractivity contribution in [3.05, 3.63) is 59.1 Å². The van der Waals surface area contributed by atoms with Crippen molar-refractivity contribution in [1.82, 2.24) is 14.9 Å². The molecule has 0 saturated carbocycles. The second kappa shape index (κ2) is 11.6. The van der Waals surface area contributed by atoms with E-state index in [2.05, 4.69) is 32.1 Å². The Morgan fingerprint density at radius 1 is 1.23 bits per heavy atom. The summed E-state index contributed by atoms with van der Waals surface area (Å²) in [7, 11) is 0. The fourth-order valence-corrected chi connectivity index (χ4v) is 3.82. The van der Waals surface area contributed by atoms with Gasteiger partial charge in [-0.1, -0.05) is 29.8 Å². The number of hydrogen-bond donors (Lipinski definition) is 2. The lowest BCUT2D eigenvalue weighted by Crippen LogP contribution is -2.37. The summed E-state index contributed by atoms with van der Waals surface area (Å²) in [5.74, 6) is -0.190. The van der Waals surface area contributed by atoms with Crippen molar-refractivity contribution in [2.45, 2.75) is 6.42 Å². The summed E-state index contributed by atoms with van der Waals surface area (Å²) in [5.41, 5.74) is 1.52. The van der Waals surface area contributed by atoms with Gasteiger partial charge in [-0.25, -0.2) is 14.4 Å². The maximum atomic E-state index is 13.5. The molecule has 0 aliphatic carbocycles. The molecule has 0 radical (unpaired) electrons. The highest BCUT2D eigenvalue weighted by molar-refractivity contribution is 6.43. The van der Waals surface area contributed by atoms with E-state index >= 15 is 0 Å². The molecular formula is C24H24Cl2FN5O3. The quantitative estimate of drug-likeness (QED) is 0.305. The lowest BCUT2D eigenvalue weighted by Gasteiger charge is -2.26. The van der Waals surface area contributed by atoms with E-state index in [1.807, 2.05) is 0 Å². The number of carbonyl (C=O) groups is 1. The number of amides is 1. The molecule has 3 aromatic rings. The maximum absolute atomic E-state index is 13.5. The van der Waals surface area contributed by atoms with Gasteiger partial charge in [0.1, 0.15) is 23.7 Å². The van der Waals surface area contributed by atoms with Crippen LogP contribution in [0.2, 0.25) is 5.02 Å². The Bertz CT molecular complexity index is 1240. The Labute approximate surface area is 212 Å². The average Bonchev–Trinajstić information content (AvgIpc) is 2.85. The summed E-state index contributed by atoms with van der Waals surface area (Å²) in [6, 6.07) is 7.67. The fourth-order valence-electron chi connectivity index (χ4n) is 3.60. The third-order valence-electron chi connectivity index (χ3n) is 5.39. The Morgan fingerprint density at radius 3 is 2.77 bits per heavy atom. The van der Waals surface area contributed by atoms with Gasteiger partial charge in [0.25, 0.3) is 5.91 Å². The number of rotatable bonds is 9. The average molecular weight is 520 g/mol. The first-order chi connectivity index (χ1) is 16.9. The summed E-state index contributed by atoms with van der Waals surface area (Å²) in [6.07, 6.45) is 2.20. The molecule has 1 amide bonds. The van der Waals surface area contributed by atoms with Crippen molar-refractivity contribution < 1.29 is 18.7 Å². The minimum absolute atomic E-state index is 0.0188. The predicted molar refractivity (Wildman–Crippen MR) is 135 cm³/mol. The highest BCUT2D eigenvalue weighted by Crippen LogP contribution is 2.34. The van der Waals surface area contributed by atoms with Crippen LogP contribution in [-0.2, 0) is 9.53 Å². The van der Waals surface area contributed by atoms with Crippen molar-refractivity contribution in [2.24, 2.45) is 0 Å². The molecule has 0 spiro atoms. The first-order valence-corrected chi connectivity index (χ1v) is 11.8. The summed E-state index contributed by atoms with van der Waals surface area (Å²) < 4.78 is 24.9. The molecule has 0 unspecified atom stereocenters. The zero-order valence-corrected chi connectivity index (χ0v) is 20.3. The van der Waals surface area contributed by atoms with Gasteiger partial charge in [0.05, 0.1) is 41.1 Å². The lowest BCUT2D eigenvalue weighted by atomic mass is 10.1. The van der Waals surface area contributed by atoms with Crippen LogP contribution in [0.15, 0.2) is 48.3 Å². The standard InChI is InChI=1S/C24H24Cl2FN5O3/c1-15(25)24(33)31-21-12-17-20(13-22(21)35-8-2-5-32-6-9-34-10-7-32)28-14-29-23(17)30-16-3-4-19(27)18(26)11-16/h3-4,11-14H,1-2,5-10H2,(H,31,33)(H,28,29,30). The van der Waals surface area contributed by atoms with Crippen molar-refractivity contribution >= 4 is 57.2 Å². The van der Waals surface area contributed by atoms with Crippen LogP contribution >= 0.6 is 23.2 Å². The van der Waals surface area contributed by atoms with Crippen molar-refractivity contribution in [3.63, 3.8) is 0 Å². The number of morpholine rings is 1. The molecule has 35 heavy (non-hydrogen) atoms. The monoisotopic (exact) mass is 519 g/mol. The molecule has 1 saturated heterocycles. The second-order valence-corrected chi connectivity index (χ2v) is 8.72. The Hall–Kier alpha value is -2.98. The zero-order valence-electron chi connectivity index (χ0n) is 18.8. The highest BCUT2D eigenvalue weighted by atomic mass is 35.5. The smallest absolute Gasteiger partial charge is 0.266 e. The van der Waals surface area contributed by atoms with Gasteiger partial charge in [-0.3, -0.25) is 9.69 Å². The van der Waals surface area contributed by atoms with Crippen LogP contribution in [0.25, 0.3) is 10.9 Å². The minimum Gasteiger partial charge on any atom is -0.491 e. The molecule has 2 heterocycles. The van der Waals surface area contributed by atoms with E-state index in [0.29, 0.717) is 40.5 Å². The van der Waals surface area contributed by atoms with Crippen molar-refractivity contribution in [2.75, 3.05) is 50.1 Å². The van der Waals surface area contributed by atoms with E-state index in [4.69, 9.17) is 32.7 Å². The van der Waals surface area contributed by atoms with Crippen LogP contribution < -0.4 is 15.4 Å². The number of ether oxygens (including phenoxy) is 2. The molecule has 2 N–H and O–H groups in total. The molecule has 4 rings (SSSR count). The maximum Gasteiger partial charge on any atom is 0.266 e. The Morgan fingerprint density at radius 2 is 2.03 bits per heavy atom. The van der Waals surface area contributed by atoms with Gasteiger partial charge in [0, 0.05) is 36.8 Å². The number of carbonyl (C=O) groups excluding carboxylic acids is 1. The van der Waals surface area contributed by atoms with Crippen LogP contribution in [-0.4, -0.2) is 60.2 Å². The minimum atomic E-state index is -0.555. The molecular weight excluding hydrogens is 496 g/mol. The number of benzene rings is 2. The molecule has 1 aliphatic rings. The van der Waals surface area contributed by atoms with E-state index in [9.17, 15) is 9.18 Å². The van der Waals surface area contributed by atoms with E-state index in [0.717, 1.165) is 39.3 Å². The summed E-state index contributed by atoms with van der Waals surface area (Å²) >= 11 is 11.7. The molecule has 1 aromatic heterocycles. The Balaban J connectivity index is 1.58. The summed E-state index contributed by atoms with van der Waals surface area (Å²) in [4.78, 5) is 23.2. The number of aromatic nitrogens is 2. The number of nitrogens with zero attached hydrogens (tertiary/aromatic N) is 3. The van der Waals surface area contributed by atoms with Crippen LogP contribution in [0, 0.1) is 5.82 Å². The molecule has 2 aromatic carbocycles. The van der Waals surface area contributed by atoms with Crippen molar-refractivity contribution in [1.29, 1.82) is 0 Å². The van der Waals surface area contributed by atoms with Gasteiger partial charge in [-0.05, 0) is 30.7 Å². The largest absolute Gasteiger partial charge is 0.491 e. The number of hydrogen-bond acceptors (Lipinski definition) is 7. The van der Waals surface area contributed by atoms with Crippen LogP contribution in [0.1, 0.15) is 6.42 Å². The number of nitrogens with one attached hydrogen (secondary N) is 2. The number of anilines is 3. The SMILES string of the molecule is C=C(Cl)C(=O)Nc1cc2c(Nc3ccc(F)c(Cl)c3)ncnc2cc1OCCCN1CCOCC1. The third kappa shape index (κ3) is 6.58. The molecule has 1 aliphatic heterocycles. The summed E-state index contributed by atoms with van der Waals surface area (Å²) in [5, 5.41) is 6.26. The van der Waals surface area contributed by atoms with E-state index in [1.54, 1.807) is 18.2 Å². The topological polar surface area (TPSA) is 88.6 Å². The molecule has 184 valence electrons. The first-order valence-electron chi connectivity index (χ1n) is 11.0. The van der Waals surface area contributed by atoms with Gasteiger partial charge in [0.15, 0.2) is 0 Å². The van der Waals surface area contributed by atoms with Gasteiger partial charge >= 0.3 is 0 Å². The van der Waals surface area contributed by atoms with E-state index < -0.39 is 11.7 Å². The number of fused-ring (bicyclic) bond motifs is 1. The van der Waals surface area contributed by atoms with E-state index in [1.165, 1.54) is 18.5 Å². The third-order valence-corrected chi connectivity index (χ3v) is 5.85.